The first-order chi connectivity index (χ1) is 11.6. The van der Waals surface area contributed by atoms with Gasteiger partial charge in [-0.05, 0) is 48.9 Å². The van der Waals surface area contributed by atoms with Gasteiger partial charge < -0.3 is 10.0 Å². The molecule has 0 spiro atoms. The highest BCUT2D eigenvalue weighted by Crippen LogP contribution is 2.42. The molecule has 0 bridgehead atoms. The van der Waals surface area contributed by atoms with Crippen LogP contribution in [-0.4, -0.2) is 32.9 Å². The topological polar surface area (TPSA) is 70.5 Å². The molecule has 1 aromatic carbocycles. The van der Waals surface area contributed by atoms with Gasteiger partial charge in [-0.2, -0.15) is 0 Å². The van der Waals surface area contributed by atoms with E-state index in [1.807, 2.05) is 17.0 Å². The fourth-order valence-electron chi connectivity index (χ4n) is 3.57. The Kier molecular flexibility index (Phi) is 3.56. The SMILES string of the molecule is O=C(O)c1cc(C(=O)N(C2CC2)C2CCc3ccccc32)ccn1. The summed E-state index contributed by atoms with van der Waals surface area (Å²) in [6.45, 7) is 0. The van der Waals surface area contributed by atoms with Gasteiger partial charge in [-0.25, -0.2) is 9.78 Å². The maximum absolute atomic E-state index is 13.1. The van der Waals surface area contributed by atoms with Crippen molar-refractivity contribution in [3.05, 3.63) is 65.0 Å². The highest BCUT2D eigenvalue weighted by molar-refractivity contribution is 5.97. The number of nitrogens with zero attached hydrogens (tertiary/aromatic N) is 2. The highest BCUT2D eigenvalue weighted by Gasteiger charge is 2.40. The van der Waals surface area contributed by atoms with Gasteiger partial charge in [0.05, 0.1) is 6.04 Å². The molecule has 0 saturated heterocycles. The number of rotatable bonds is 4. The number of hydrogen-bond donors (Lipinski definition) is 1. The average Bonchev–Trinajstić information content (AvgIpc) is 3.35. The van der Waals surface area contributed by atoms with E-state index < -0.39 is 5.97 Å². The number of hydrogen-bond acceptors (Lipinski definition) is 3. The van der Waals surface area contributed by atoms with E-state index in [-0.39, 0.29) is 23.7 Å². The Morgan fingerprint density at radius 2 is 1.92 bits per heavy atom. The van der Waals surface area contributed by atoms with Gasteiger partial charge in [0.25, 0.3) is 5.91 Å². The molecule has 4 rings (SSSR count). The van der Waals surface area contributed by atoms with E-state index in [9.17, 15) is 9.59 Å². The van der Waals surface area contributed by atoms with Gasteiger partial charge in [0.15, 0.2) is 0 Å². The number of carboxylic acid groups (broad SMARTS) is 1. The summed E-state index contributed by atoms with van der Waals surface area (Å²) >= 11 is 0. The number of fused-ring (bicyclic) bond motifs is 1. The molecule has 5 nitrogen and oxygen atoms in total. The molecule has 1 atom stereocenters. The van der Waals surface area contributed by atoms with Crippen molar-refractivity contribution in [1.29, 1.82) is 0 Å². The molecule has 1 heterocycles. The van der Waals surface area contributed by atoms with Crippen LogP contribution in [0.5, 0.6) is 0 Å². The minimum absolute atomic E-state index is 0.0858. The smallest absolute Gasteiger partial charge is 0.354 e. The monoisotopic (exact) mass is 322 g/mol. The molecule has 1 unspecified atom stereocenters. The van der Waals surface area contributed by atoms with E-state index in [0.717, 1.165) is 25.7 Å². The Bertz CT molecular complexity index is 814. The number of benzene rings is 1. The van der Waals surface area contributed by atoms with E-state index in [0.29, 0.717) is 5.56 Å². The molecule has 1 N–H and O–H groups in total. The summed E-state index contributed by atoms with van der Waals surface area (Å²) in [5.74, 6) is -1.21. The second-order valence-corrected chi connectivity index (χ2v) is 6.43. The van der Waals surface area contributed by atoms with Crippen LogP contribution in [0.2, 0.25) is 0 Å². The highest BCUT2D eigenvalue weighted by atomic mass is 16.4. The molecule has 2 aromatic rings. The molecule has 2 aliphatic carbocycles. The normalized spacial score (nSPS) is 18.9. The van der Waals surface area contributed by atoms with E-state index in [4.69, 9.17) is 5.11 Å². The molecule has 0 aliphatic heterocycles. The molecule has 2 aliphatic rings. The van der Waals surface area contributed by atoms with Crippen LogP contribution in [-0.2, 0) is 6.42 Å². The number of amides is 1. The third kappa shape index (κ3) is 2.56. The minimum Gasteiger partial charge on any atom is -0.477 e. The quantitative estimate of drug-likeness (QED) is 0.939. The van der Waals surface area contributed by atoms with E-state index in [2.05, 4.69) is 17.1 Å². The van der Waals surface area contributed by atoms with Crippen LogP contribution in [0, 0.1) is 0 Å². The number of aromatic nitrogens is 1. The zero-order chi connectivity index (χ0) is 16.7. The summed E-state index contributed by atoms with van der Waals surface area (Å²) in [5, 5.41) is 9.11. The number of carboxylic acids is 1. The summed E-state index contributed by atoms with van der Waals surface area (Å²) in [5.41, 5.74) is 2.84. The van der Waals surface area contributed by atoms with E-state index >= 15 is 0 Å². The Labute approximate surface area is 139 Å². The van der Waals surface area contributed by atoms with Gasteiger partial charge >= 0.3 is 5.97 Å². The average molecular weight is 322 g/mol. The maximum atomic E-state index is 13.1. The molecule has 1 aromatic heterocycles. The molecule has 0 radical (unpaired) electrons. The lowest BCUT2D eigenvalue weighted by atomic mass is 10.1. The Morgan fingerprint density at radius 3 is 2.67 bits per heavy atom. The molecule has 1 saturated carbocycles. The van der Waals surface area contributed by atoms with Crippen LogP contribution in [0.3, 0.4) is 0 Å². The second-order valence-electron chi connectivity index (χ2n) is 6.43. The third-order valence-electron chi connectivity index (χ3n) is 4.84. The summed E-state index contributed by atoms with van der Waals surface area (Å²) in [6.07, 6.45) is 5.33. The second kappa shape index (κ2) is 5.74. The Hall–Kier alpha value is -2.69. The Balaban J connectivity index is 1.68. The van der Waals surface area contributed by atoms with Crippen LogP contribution in [0.4, 0.5) is 0 Å². The maximum Gasteiger partial charge on any atom is 0.354 e. The lowest BCUT2D eigenvalue weighted by Crippen LogP contribution is -2.36. The molecular formula is C19H18N2O3. The largest absolute Gasteiger partial charge is 0.477 e. The fourth-order valence-corrected chi connectivity index (χ4v) is 3.57. The van der Waals surface area contributed by atoms with Gasteiger partial charge in [-0.15, -0.1) is 0 Å². The van der Waals surface area contributed by atoms with Gasteiger partial charge in [-0.3, -0.25) is 4.79 Å². The van der Waals surface area contributed by atoms with Gasteiger partial charge in [0.2, 0.25) is 0 Å². The summed E-state index contributed by atoms with van der Waals surface area (Å²) in [7, 11) is 0. The van der Waals surface area contributed by atoms with Gasteiger partial charge in [0, 0.05) is 17.8 Å². The van der Waals surface area contributed by atoms with E-state index in [1.54, 1.807) is 6.07 Å². The summed E-state index contributed by atoms with van der Waals surface area (Å²) in [6, 6.07) is 11.6. The van der Waals surface area contributed by atoms with Crippen LogP contribution in [0.15, 0.2) is 42.6 Å². The van der Waals surface area contributed by atoms with Crippen molar-refractivity contribution < 1.29 is 14.7 Å². The predicted octanol–water partition coefficient (Wildman–Crippen LogP) is 3.07. The van der Waals surface area contributed by atoms with Crippen molar-refractivity contribution >= 4 is 11.9 Å². The van der Waals surface area contributed by atoms with Crippen molar-refractivity contribution in [2.24, 2.45) is 0 Å². The fraction of sp³-hybridized carbons (Fsp3) is 0.316. The predicted molar refractivity (Wildman–Crippen MR) is 87.9 cm³/mol. The van der Waals surface area contributed by atoms with Crippen molar-refractivity contribution in [3.63, 3.8) is 0 Å². The molecule has 5 heteroatoms. The molecule has 24 heavy (non-hydrogen) atoms. The van der Waals surface area contributed by atoms with Crippen LogP contribution < -0.4 is 0 Å². The molecular weight excluding hydrogens is 304 g/mol. The summed E-state index contributed by atoms with van der Waals surface area (Å²) in [4.78, 5) is 30.0. The van der Waals surface area contributed by atoms with Crippen molar-refractivity contribution in [2.75, 3.05) is 0 Å². The van der Waals surface area contributed by atoms with Crippen LogP contribution >= 0.6 is 0 Å². The van der Waals surface area contributed by atoms with Crippen LogP contribution in [0.25, 0.3) is 0 Å². The lowest BCUT2D eigenvalue weighted by Gasteiger charge is -2.30. The number of carbonyl (C=O) groups excluding carboxylic acids is 1. The first kappa shape index (κ1) is 14.9. The first-order valence-corrected chi connectivity index (χ1v) is 8.25. The third-order valence-corrected chi connectivity index (χ3v) is 4.84. The van der Waals surface area contributed by atoms with Gasteiger partial charge in [0.1, 0.15) is 5.69 Å². The number of aromatic carboxylic acids is 1. The first-order valence-electron chi connectivity index (χ1n) is 8.25. The van der Waals surface area contributed by atoms with Crippen molar-refractivity contribution in [3.8, 4) is 0 Å². The zero-order valence-electron chi connectivity index (χ0n) is 13.2. The van der Waals surface area contributed by atoms with Gasteiger partial charge in [-0.1, -0.05) is 24.3 Å². The lowest BCUT2D eigenvalue weighted by molar-refractivity contribution is 0.0658. The Morgan fingerprint density at radius 1 is 1.12 bits per heavy atom. The standard InChI is InChI=1S/C19H18N2O3/c22-18(13-9-10-20-16(11-13)19(23)24)21(14-6-7-14)17-8-5-12-3-1-2-4-15(12)17/h1-4,9-11,14,17H,5-8H2,(H,23,24). The number of carbonyl (C=O) groups is 2. The van der Waals surface area contributed by atoms with Crippen molar-refractivity contribution in [1.82, 2.24) is 9.88 Å². The number of pyridine rings is 1. The zero-order valence-corrected chi connectivity index (χ0v) is 13.2. The van der Waals surface area contributed by atoms with Crippen LogP contribution in [0.1, 0.15) is 57.3 Å². The van der Waals surface area contributed by atoms with Crippen molar-refractivity contribution in [2.45, 2.75) is 37.8 Å². The molecule has 1 fully saturated rings. The molecule has 1 amide bonds. The molecule has 122 valence electrons. The summed E-state index contributed by atoms with van der Waals surface area (Å²) < 4.78 is 0. The minimum atomic E-state index is -1.12. The number of aryl methyl sites for hydroxylation is 1. The van der Waals surface area contributed by atoms with E-state index in [1.165, 1.54) is 23.4 Å².